The van der Waals surface area contributed by atoms with E-state index < -0.39 is 0 Å². The van der Waals surface area contributed by atoms with Gasteiger partial charge in [0.05, 0.1) is 23.5 Å². The third-order valence-corrected chi connectivity index (χ3v) is 4.74. The third-order valence-electron chi connectivity index (χ3n) is 4.74. The second kappa shape index (κ2) is 7.28. The van der Waals surface area contributed by atoms with Crippen molar-refractivity contribution in [2.75, 3.05) is 18.4 Å². The van der Waals surface area contributed by atoms with E-state index in [1.54, 1.807) is 0 Å². The summed E-state index contributed by atoms with van der Waals surface area (Å²) in [7, 11) is 0. The van der Waals surface area contributed by atoms with Crippen LogP contribution < -0.4 is 5.32 Å². The fourth-order valence-electron chi connectivity index (χ4n) is 3.32. The first-order valence-corrected chi connectivity index (χ1v) is 8.82. The number of hydrogen-bond acceptors (Lipinski definition) is 3. The van der Waals surface area contributed by atoms with Crippen LogP contribution in [0.15, 0.2) is 42.5 Å². The molecule has 1 saturated heterocycles. The van der Waals surface area contributed by atoms with Crippen LogP contribution in [0.25, 0.3) is 0 Å². The maximum Gasteiger partial charge on any atom is 0.256 e. The van der Waals surface area contributed by atoms with E-state index in [2.05, 4.69) is 25.2 Å². The first-order valence-electron chi connectivity index (χ1n) is 8.82. The maximum absolute atomic E-state index is 13.1. The fourth-order valence-corrected chi connectivity index (χ4v) is 3.32. The lowest BCUT2D eigenvalue weighted by Crippen LogP contribution is -2.48. The molecule has 0 saturated carbocycles. The number of nitrogens with one attached hydrogen (secondary N) is 1. The summed E-state index contributed by atoms with van der Waals surface area (Å²) in [6, 6.07) is 13.9. The molecule has 1 heterocycles. The normalized spacial score (nSPS) is 20.4. The molecule has 0 aliphatic carbocycles. The number of amides is 1. The van der Waals surface area contributed by atoms with Crippen molar-refractivity contribution < 1.29 is 9.53 Å². The number of hydrogen-bond donors (Lipinski definition) is 1. The topological polar surface area (TPSA) is 41.6 Å². The van der Waals surface area contributed by atoms with Gasteiger partial charge >= 0.3 is 0 Å². The van der Waals surface area contributed by atoms with Crippen molar-refractivity contribution in [2.24, 2.45) is 0 Å². The molecule has 1 amide bonds. The molecule has 2 unspecified atom stereocenters. The summed E-state index contributed by atoms with van der Waals surface area (Å²) in [4.78, 5) is 15.0. The molecular formula is C21H26N2O2. The Kier molecular flexibility index (Phi) is 5.09. The van der Waals surface area contributed by atoms with E-state index in [1.165, 1.54) is 11.1 Å². The molecule has 0 aromatic heterocycles. The van der Waals surface area contributed by atoms with E-state index in [0.717, 1.165) is 11.4 Å². The Morgan fingerprint density at radius 3 is 2.36 bits per heavy atom. The van der Waals surface area contributed by atoms with Crippen LogP contribution in [0.2, 0.25) is 0 Å². The van der Waals surface area contributed by atoms with Gasteiger partial charge in [0.2, 0.25) is 0 Å². The summed E-state index contributed by atoms with van der Waals surface area (Å²) >= 11 is 0. The first-order chi connectivity index (χ1) is 12.0. The minimum absolute atomic E-state index is 0.0513. The van der Waals surface area contributed by atoms with Gasteiger partial charge in [-0.1, -0.05) is 24.3 Å². The lowest BCUT2D eigenvalue weighted by Gasteiger charge is -2.35. The average Bonchev–Trinajstić information content (AvgIpc) is 2.58. The van der Waals surface area contributed by atoms with Gasteiger partial charge in [-0.25, -0.2) is 0 Å². The molecule has 3 rings (SSSR count). The van der Waals surface area contributed by atoms with Gasteiger partial charge in [0, 0.05) is 18.8 Å². The van der Waals surface area contributed by atoms with E-state index >= 15 is 0 Å². The summed E-state index contributed by atoms with van der Waals surface area (Å²) in [5, 5.41) is 3.45. The highest BCUT2D eigenvalue weighted by atomic mass is 16.5. The molecule has 0 bridgehead atoms. The molecule has 2 aromatic rings. The summed E-state index contributed by atoms with van der Waals surface area (Å²) < 4.78 is 5.75. The van der Waals surface area contributed by atoms with E-state index in [9.17, 15) is 4.79 Å². The van der Waals surface area contributed by atoms with Crippen molar-refractivity contribution in [3.8, 4) is 0 Å². The minimum Gasteiger partial charge on any atom is -0.372 e. The number of morpholine rings is 1. The first kappa shape index (κ1) is 17.5. The van der Waals surface area contributed by atoms with Gasteiger partial charge in [0.15, 0.2) is 0 Å². The van der Waals surface area contributed by atoms with Crippen LogP contribution in [-0.2, 0) is 4.74 Å². The van der Waals surface area contributed by atoms with Gasteiger partial charge in [-0.3, -0.25) is 4.79 Å². The summed E-state index contributed by atoms with van der Waals surface area (Å²) in [6.45, 7) is 9.45. The molecular weight excluding hydrogens is 312 g/mol. The Hall–Kier alpha value is -2.33. The van der Waals surface area contributed by atoms with Gasteiger partial charge in [-0.2, -0.15) is 0 Å². The zero-order valence-corrected chi connectivity index (χ0v) is 15.4. The van der Waals surface area contributed by atoms with Crippen LogP contribution in [0.3, 0.4) is 0 Å². The van der Waals surface area contributed by atoms with E-state index in [4.69, 9.17) is 4.74 Å². The Bertz CT molecular complexity index is 762. The number of benzene rings is 2. The maximum atomic E-state index is 13.1. The lowest BCUT2D eigenvalue weighted by molar-refractivity contribution is -0.0585. The molecule has 1 N–H and O–H groups in total. The highest BCUT2D eigenvalue weighted by Crippen LogP contribution is 2.26. The molecule has 25 heavy (non-hydrogen) atoms. The summed E-state index contributed by atoms with van der Waals surface area (Å²) in [5.41, 5.74) is 4.99. The summed E-state index contributed by atoms with van der Waals surface area (Å²) in [6.07, 6.45) is 0.124. The SMILES string of the molecule is Cc1cccc(Nc2ccccc2C(=O)N2CC(C)OC(C)C2)c1C. The molecule has 1 aliphatic heterocycles. The number of anilines is 2. The largest absolute Gasteiger partial charge is 0.372 e. The number of carbonyl (C=O) groups excluding carboxylic acids is 1. The van der Waals surface area contributed by atoms with Crippen LogP contribution in [0.5, 0.6) is 0 Å². The third kappa shape index (κ3) is 3.85. The number of nitrogens with zero attached hydrogens (tertiary/aromatic N) is 1. The van der Waals surface area contributed by atoms with Crippen LogP contribution in [0.4, 0.5) is 11.4 Å². The average molecular weight is 338 g/mol. The van der Waals surface area contributed by atoms with Crippen molar-refractivity contribution in [3.63, 3.8) is 0 Å². The van der Waals surface area contributed by atoms with Gasteiger partial charge in [0.1, 0.15) is 0 Å². The smallest absolute Gasteiger partial charge is 0.256 e. The number of ether oxygens (including phenoxy) is 1. The van der Waals surface area contributed by atoms with Gasteiger partial charge < -0.3 is 15.0 Å². The molecule has 4 heteroatoms. The second-order valence-electron chi connectivity index (χ2n) is 6.89. The standard InChI is InChI=1S/C21H26N2O2/c1-14-8-7-11-19(17(14)4)22-20-10-6-5-9-18(20)21(24)23-12-15(2)25-16(3)13-23/h5-11,15-16,22H,12-13H2,1-4H3. The van der Waals surface area contributed by atoms with E-state index in [-0.39, 0.29) is 18.1 Å². The predicted molar refractivity (Wildman–Crippen MR) is 102 cm³/mol. The van der Waals surface area contributed by atoms with Crippen LogP contribution >= 0.6 is 0 Å². The highest BCUT2D eigenvalue weighted by molar-refractivity contribution is 6.00. The van der Waals surface area contributed by atoms with Crippen molar-refractivity contribution in [1.82, 2.24) is 4.90 Å². The van der Waals surface area contributed by atoms with Crippen LogP contribution in [0, 0.1) is 13.8 Å². The van der Waals surface area contributed by atoms with Crippen LogP contribution in [0.1, 0.15) is 35.3 Å². The number of carbonyl (C=O) groups is 1. The molecule has 4 nitrogen and oxygen atoms in total. The quantitative estimate of drug-likeness (QED) is 0.907. The molecule has 132 valence electrons. The number of aryl methyl sites for hydroxylation is 1. The Morgan fingerprint density at radius 2 is 1.64 bits per heavy atom. The molecule has 1 fully saturated rings. The fraction of sp³-hybridized carbons (Fsp3) is 0.381. The van der Waals surface area contributed by atoms with E-state index in [0.29, 0.717) is 18.7 Å². The molecule has 2 aromatic carbocycles. The Balaban J connectivity index is 1.88. The van der Waals surface area contributed by atoms with Crippen molar-refractivity contribution in [2.45, 2.75) is 39.9 Å². The monoisotopic (exact) mass is 338 g/mol. The molecule has 0 spiro atoms. The minimum atomic E-state index is 0.0513. The zero-order valence-electron chi connectivity index (χ0n) is 15.4. The molecule has 2 atom stereocenters. The Labute approximate surface area is 149 Å². The predicted octanol–water partition coefficient (Wildman–Crippen LogP) is 4.30. The molecule has 1 aliphatic rings. The molecule has 0 radical (unpaired) electrons. The highest BCUT2D eigenvalue weighted by Gasteiger charge is 2.27. The van der Waals surface area contributed by atoms with Gasteiger partial charge in [0.25, 0.3) is 5.91 Å². The Morgan fingerprint density at radius 1 is 1.00 bits per heavy atom. The lowest BCUT2D eigenvalue weighted by atomic mass is 10.1. The summed E-state index contributed by atoms with van der Waals surface area (Å²) in [5.74, 6) is 0.0513. The van der Waals surface area contributed by atoms with Gasteiger partial charge in [-0.05, 0) is 57.0 Å². The number of rotatable bonds is 3. The van der Waals surface area contributed by atoms with Gasteiger partial charge in [-0.15, -0.1) is 0 Å². The number of para-hydroxylation sites is 1. The van der Waals surface area contributed by atoms with Crippen molar-refractivity contribution >= 4 is 17.3 Å². The van der Waals surface area contributed by atoms with E-state index in [1.807, 2.05) is 55.1 Å². The zero-order chi connectivity index (χ0) is 18.0. The van der Waals surface area contributed by atoms with Crippen molar-refractivity contribution in [3.05, 3.63) is 59.2 Å². The van der Waals surface area contributed by atoms with Crippen molar-refractivity contribution in [1.29, 1.82) is 0 Å². The second-order valence-corrected chi connectivity index (χ2v) is 6.89. The van der Waals surface area contributed by atoms with Crippen LogP contribution in [-0.4, -0.2) is 36.1 Å².